The number of halogens is 1. The van der Waals surface area contributed by atoms with Gasteiger partial charge in [-0.25, -0.2) is 9.50 Å². The quantitative estimate of drug-likeness (QED) is 0.790. The third-order valence-electron chi connectivity index (χ3n) is 2.65. The lowest BCUT2D eigenvalue weighted by atomic mass is 10.2. The predicted octanol–water partition coefficient (Wildman–Crippen LogP) is 3.00. The van der Waals surface area contributed by atoms with Crippen LogP contribution >= 0.6 is 22.9 Å². The van der Waals surface area contributed by atoms with Gasteiger partial charge in [0.15, 0.2) is 0 Å². The summed E-state index contributed by atoms with van der Waals surface area (Å²) >= 11 is 7.39. The number of nitrogens with one attached hydrogen (secondary N) is 1. The molecule has 0 bridgehead atoms. The minimum Gasteiger partial charge on any atom is -0.321 e. The number of amides is 1. The van der Waals surface area contributed by atoms with Crippen LogP contribution in [0.4, 0.5) is 5.69 Å². The van der Waals surface area contributed by atoms with Gasteiger partial charge in [-0.1, -0.05) is 29.0 Å². The van der Waals surface area contributed by atoms with Gasteiger partial charge < -0.3 is 5.32 Å². The average molecular weight is 293 g/mol. The van der Waals surface area contributed by atoms with Gasteiger partial charge in [-0.3, -0.25) is 4.79 Å². The van der Waals surface area contributed by atoms with Gasteiger partial charge >= 0.3 is 0 Å². The number of hydrogen-bond acceptors (Lipinski definition) is 4. The number of aromatic nitrogens is 3. The molecule has 0 saturated carbocycles. The van der Waals surface area contributed by atoms with Crippen molar-refractivity contribution >= 4 is 39.5 Å². The molecule has 1 aromatic carbocycles. The zero-order valence-electron chi connectivity index (χ0n) is 9.92. The van der Waals surface area contributed by atoms with E-state index >= 15 is 0 Å². The molecule has 0 aliphatic carbocycles. The molecule has 0 unspecified atom stereocenters. The highest BCUT2D eigenvalue weighted by atomic mass is 35.5. The van der Waals surface area contributed by atoms with Crippen LogP contribution < -0.4 is 5.32 Å². The van der Waals surface area contributed by atoms with Crippen LogP contribution in [0.15, 0.2) is 29.9 Å². The molecule has 1 amide bonds. The Labute approximate surface area is 117 Å². The van der Waals surface area contributed by atoms with Crippen molar-refractivity contribution in [3.63, 3.8) is 0 Å². The molecule has 0 radical (unpaired) electrons. The number of carbonyl (C=O) groups is 1. The second kappa shape index (κ2) is 4.64. The van der Waals surface area contributed by atoms with Crippen molar-refractivity contribution in [3.05, 3.63) is 46.2 Å². The number of anilines is 1. The summed E-state index contributed by atoms with van der Waals surface area (Å²) in [4.78, 5) is 16.9. The third kappa shape index (κ3) is 2.32. The first-order valence-electron chi connectivity index (χ1n) is 5.50. The second-order valence-electron chi connectivity index (χ2n) is 4.01. The maximum atomic E-state index is 12.0. The Morgan fingerprint density at radius 2 is 2.32 bits per heavy atom. The SMILES string of the molecule is Cc1ccc(NC(=O)c2cn3ncsc3n2)cc1Cl. The normalized spacial score (nSPS) is 10.8. The van der Waals surface area contributed by atoms with E-state index in [0.717, 1.165) is 5.56 Å². The highest BCUT2D eigenvalue weighted by Gasteiger charge is 2.12. The fourth-order valence-electron chi connectivity index (χ4n) is 1.61. The number of benzene rings is 1. The van der Waals surface area contributed by atoms with Crippen LogP contribution in [0, 0.1) is 6.92 Å². The molecule has 96 valence electrons. The maximum Gasteiger partial charge on any atom is 0.275 e. The van der Waals surface area contributed by atoms with Gasteiger partial charge in [-0.05, 0) is 24.6 Å². The van der Waals surface area contributed by atoms with Gasteiger partial charge in [-0.15, -0.1) is 0 Å². The van der Waals surface area contributed by atoms with Crippen molar-refractivity contribution in [3.8, 4) is 0 Å². The van der Waals surface area contributed by atoms with E-state index < -0.39 is 0 Å². The average Bonchev–Trinajstić information content (AvgIpc) is 2.94. The van der Waals surface area contributed by atoms with Crippen LogP contribution in [-0.2, 0) is 0 Å². The van der Waals surface area contributed by atoms with Crippen molar-refractivity contribution in [1.82, 2.24) is 14.6 Å². The second-order valence-corrected chi connectivity index (χ2v) is 5.23. The Morgan fingerprint density at radius 1 is 1.47 bits per heavy atom. The Kier molecular flexibility index (Phi) is 2.96. The first kappa shape index (κ1) is 12.1. The predicted molar refractivity (Wildman–Crippen MR) is 75.0 cm³/mol. The van der Waals surface area contributed by atoms with Crippen molar-refractivity contribution in [2.24, 2.45) is 0 Å². The molecule has 0 saturated heterocycles. The van der Waals surface area contributed by atoms with E-state index in [1.807, 2.05) is 13.0 Å². The number of fused-ring (bicyclic) bond motifs is 1. The van der Waals surface area contributed by atoms with Crippen molar-refractivity contribution in [2.75, 3.05) is 5.32 Å². The summed E-state index contributed by atoms with van der Waals surface area (Å²) in [6.45, 7) is 1.91. The van der Waals surface area contributed by atoms with Gasteiger partial charge in [0.25, 0.3) is 5.91 Å². The van der Waals surface area contributed by atoms with E-state index in [9.17, 15) is 4.79 Å². The minimum atomic E-state index is -0.280. The number of hydrogen-bond donors (Lipinski definition) is 1. The lowest BCUT2D eigenvalue weighted by Gasteiger charge is -2.04. The minimum absolute atomic E-state index is 0.280. The van der Waals surface area contributed by atoms with Crippen molar-refractivity contribution in [1.29, 1.82) is 0 Å². The molecule has 2 heterocycles. The molecule has 0 fully saturated rings. The fourth-order valence-corrected chi connectivity index (χ4v) is 2.40. The molecule has 0 aliphatic heterocycles. The van der Waals surface area contributed by atoms with Crippen LogP contribution in [-0.4, -0.2) is 20.5 Å². The molecule has 2 aromatic heterocycles. The van der Waals surface area contributed by atoms with E-state index in [1.165, 1.54) is 11.3 Å². The number of nitrogens with zero attached hydrogens (tertiary/aromatic N) is 3. The summed E-state index contributed by atoms with van der Waals surface area (Å²) in [5.74, 6) is -0.280. The number of rotatable bonds is 2. The summed E-state index contributed by atoms with van der Waals surface area (Å²) in [6, 6.07) is 5.37. The smallest absolute Gasteiger partial charge is 0.275 e. The van der Waals surface area contributed by atoms with Crippen LogP contribution in [0.5, 0.6) is 0 Å². The molecular formula is C12H9ClN4OS. The molecule has 3 rings (SSSR count). The number of aryl methyl sites for hydroxylation is 1. The van der Waals surface area contributed by atoms with Crippen LogP contribution in [0.25, 0.3) is 4.96 Å². The van der Waals surface area contributed by atoms with E-state index in [2.05, 4.69) is 15.4 Å². The van der Waals surface area contributed by atoms with E-state index in [-0.39, 0.29) is 5.91 Å². The van der Waals surface area contributed by atoms with E-state index in [4.69, 9.17) is 11.6 Å². The van der Waals surface area contributed by atoms with Gasteiger partial charge in [0, 0.05) is 10.7 Å². The van der Waals surface area contributed by atoms with E-state index in [1.54, 1.807) is 28.4 Å². The largest absolute Gasteiger partial charge is 0.321 e. The van der Waals surface area contributed by atoms with Gasteiger partial charge in [0.2, 0.25) is 4.96 Å². The topological polar surface area (TPSA) is 59.3 Å². The third-order valence-corrected chi connectivity index (χ3v) is 3.74. The van der Waals surface area contributed by atoms with Crippen LogP contribution in [0.2, 0.25) is 5.02 Å². The van der Waals surface area contributed by atoms with Gasteiger partial charge in [-0.2, -0.15) is 5.10 Å². The Morgan fingerprint density at radius 3 is 3.05 bits per heavy atom. The van der Waals surface area contributed by atoms with E-state index in [0.29, 0.717) is 21.4 Å². The number of imidazole rings is 1. The van der Waals surface area contributed by atoms with Crippen LogP contribution in [0.1, 0.15) is 16.1 Å². The first-order valence-corrected chi connectivity index (χ1v) is 6.75. The molecule has 7 heteroatoms. The molecule has 0 aliphatic rings. The molecule has 1 N–H and O–H groups in total. The summed E-state index contributed by atoms with van der Waals surface area (Å²) < 4.78 is 1.57. The number of carbonyl (C=O) groups excluding carboxylic acids is 1. The van der Waals surface area contributed by atoms with Crippen LogP contribution in [0.3, 0.4) is 0 Å². The first-order chi connectivity index (χ1) is 9.13. The molecule has 0 atom stereocenters. The lowest BCUT2D eigenvalue weighted by Crippen LogP contribution is -2.12. The van der Waals surface area contributed by atoms with Gasteiger partial charge in [0.1, 0.15) is 11.2 Å². The standard InChI is InChI=1S/C12H9ClN4OS/c1-7-2-3-8(4-9(7)13)15-11(18)10-5-17-12(16-10)19-6-14-17/h2-6H,1H3,(H,15,18). The fraction of sp³-hybridized carbons (Fsp3) is 0.0833. The van der Waals surface area contributed by atoms with Crippen molar-refractivity contribution in [2.45, 2.75) is 6.92 Å². The van der Waals surface area contributed by atoms with Crippen molar-refractivity contribution < 1.29 is 4.79 Å². The Bertz CT molecular complexity index is 736. The molecule has 0 spiro atoms. The summed E-state index contributed by atoms with van der Waals surface area (Å²) in [5.41, 5.74) is 3.61. The monoisotopic (exact) mass is 292 g/mol. The molecular weight excluding hydrogens is 284 g/mol. The zero-order valence-corrected chi connectivity index (χ0v) is 11.5. The summed E-state index contributed by atoms with van der Waals surface area (Å²) in [5, 5.41) is 7.40. The highest BCUT2D eigenvalue weighted by Crippen LogP contribution is 2.20. The lowest BCUT2D eigenvalue weighted by molar-refractivity contribution is 0.102. The Hall–Kier alpha value is -1.92. The highest BCUT2D eigenvalue weighted by molar-refractivity contribution is 7.14. The summed E-state index contributed by atoms with van der Waals surface area (Å²) in [6.07, 6.45) is 1.59. The van der Waals surface area contributed by atoms with Gasteiger partial charge in [0.05, 0.1) is 6.20 Å². The summed E-state index contributed by atoms with van der Waals surface area (Å²) in [7, 11) is 0. The maximum absolute atomic E-state index is 12.0. The molecule has 5 nitrogen and oxygen atoms in total. The zero-order chi connectivity index (χ0) is 13.4. The molecule has 3 aromatic rings. The molecule has 19 heavy (non-hydrogen) atoms. The Balaban J connectivity index is 1.84.